The molecule has 0 fully saturated rings. The van der Waals surface area contributed by atoms with Crippen LogP contribution in [0.15, 0.2) is 41.3 Å². The number of carboxylic acid groups (broad SMARTS) is 1. The van der Waals surface area contributed by atoms with Crippen LogP contribution in [0.25, 0.3) is 0 Å². The van der Waals surface area contributed by atoms with Crippen molar-refractivity contribution < 1.29 is 27.4 Å². The molecular formula is C14H9FO5S. The number of ether oxygens (including phenoxy) is 1. The summed E-state index contributed by atoms with van der Waals surface area (Å²) in [5, 5.41) is 8.95. The Hall–Kier alpha value is -2.41. The molecule has 108 valence electrons. The molecule has 0 aliphatic carbocycles. The SMILES string of the molecule is O=C(O)c1ccc2c(c1)S(=O)(=O)Cc1c(F)cccc1O2. The minimum absolute atomic E-state index is 0.00986. The lowest BCUT2D eigenvalue weighted by Gasteiger charge is -2.08. The Balaban J connectivity index is 2.26. The van der Waals surface area contributed by atoms with Gasteiger partial charge in [0.25, 0.3) is 0 Å². The molecule has 0 amide bonds. The molecule has 1 aliphatic rings. The summed E-state index contributed by atoms with van der Waals surface area (Å²) in [5.41, 5.74) is -0.238. The van der Waals surface area contributed by atoms with E-state index in [4.69, 9.17) is 9.84 Å². The molecule has 0 spiro atoms. The van der Waals surface area contributed by atoms with Crippen LogP contribution in [-0.2, 0) is 15.6 Å². The van der Waals surface area contributed by atoms with Crippen molar-refractivity contribution in [1.29, 1.82) is 0 Å². The second-order valence-electron chi connectivity index (χ2n) is 4.54. The van der Waals surface area contributed by atoms with Crippen LogP contribution in [0.2, 0.25) is 0 Å². The number of fused-ring (bicyclic) bond motifs is 2. The van der Waals surface area contributed by atoms with Crippen molar-refractivity contribution in [2.75, 3.05) is 0 Å². The second kappa shape index (κ2) is 4.56. The van der Waals surface area contributed by atoms with Crippen molar-refractivity contribution in [2.24, 2.45) is 0 Å². The minimum Gasteiger partial charge on any atom is -0.478 e. The minimum atomic E-state index is -3.90. The van der Waals surface area contributed by atoms with Crippen LogP contribution in [0.4, 0.5) is 4.39 Å². The third-order valence-electron chi connectivity index (χ3n) is 3.16. The van der Waals surface area contributed by atoms with Gasteiger partial charge in [-0.1, -0.05) is 6.07 Å². The van der Waals surface area contributed by atoms with Crippen molar-refractivity contribution in [1.82, 2.24) is 0 Å². The molecule has 0 radical (unpaired) electrons. The van der Waals surface area contributed by atoms with Gasteiger partial charge >= 0.3 is 5.97 Å². The molecule has 0 bridgehead atoms. The zero-order valence-corrected chi connectivity index (χ0v) is 11.4. The fraction of sp³-hybridized carbons (Fsp3) is 0.0714. The lowest BCUT2D eigenvalue weighted by molar-refractivity contribution is 0.0696. The summed E-state index contributed by atoms with van der Waals surface area (Å²) in [7, 11) is -3.90. The van der Waals surface area contributed by atoms with Crippen LogP contribution in [0.1, 0.15) is 15.9 Å². The number of benzene rings is 2. The van der Waals surface area contributed by atoms with Gasteiger partial charge in [-0.05, 0) is 30.3 Å². The Labute approximate surface area is 119 Å². The van der Waals surface area contributed by atoms with Gasteiger partial charge in [0, 0.05) is 5.56 Å². The monoisotopic (exact) mass is 308 g/mol. The molecule has 1 N–H and O–H groups in total. The molecule has 1 aliphatic heterocycles. The molecule has 5 nitrogen and oxygen atoms in total. The van der Waals surface area contributed by atoms with E-state index < -0.39 is 27.4 Å². The molecule has 0 aromatic heterocycles. The first-order chi connectivity index (χ1) is 9.88. The van der Waals surface area contributed by atoms with E-state index in [1.54, 1.807) is 0 Å². The van der Waals surface area contributed by atoms with Gasteiger partial charge in [-0.15, -0.1) is 0 Å². The number of hydrogen-bond donors (Lipinski definition) is 1. The smallest absolute Gasteiger partial charge is 0.335 e. The van der Waals surface area contributed by atoms with Gasteiger partial charge in [0.05, 0.1) is 11.3 Å². The summed E-state index contributed by atoms with van der Waals surface area (Å²) in [6, 6.07) is 7.55. The second-order valence-corrected chi connectivity index (χ2v) is 6.50. The summed E-state index contributed by atoms with van der Waals surface area (Å²) < 4.78 is 43.9. The first kappa shape index (κ1) is 13.6. The molecule has 7 heteroatoms. The highest BCUT2D eigenvalue weighted by Gasteiger charge is 2.29. The number of carboxylic acids is 1. The molecule has 3 rings (SSSR count). The number of aromatic carboxylic acids is 1. The van der Waals surface area contributed by atoms with Crippen molar-refractivity contribution in [2.45, 2.75) is 10.6 Å². The van der Waals surface area contributed by atoms with Gasteiger partial charge in [-0.2, -0.15) is 0 Å². The standard InChI is InChI=1S/C14H9FO5S/c15-10-2-1-3-11-9(10)7-21(18,19)13-6-8(14(16)17)4-5-12(13)20-11/h1-6H,7H2,(H,16,17). The molecule has 0 atom stereocenters. The fourth-order valence-corrected chi connectivity index (χ4v) is 3.67. The summed E-state index contributed by atoms with van der Waals surface area (Å²) in [6.07, 6.45) is 0. The molecule has 0 saturated heterocycles. The Morgan fingerprint density at radius 3 is 2.67 bits per heavy atom. The zero-order chi connectivity index (χ0) is 15.2. The van der Waals surface area contributed by atoms with E-state index in [2.05, 4.69) is 0 Å². The Morgan fingerprint density at radius 1 is 1.19 bits per heavy atom. The summed E-state index contributed by atoms with van der Waals surface area (Å²) in [4.78, 5) is 10.7. The normalized spacial score (nSPS) is 15.3. The quantitative estimate of drug-likeness (QED) is 0.876. The van der Waals surface area contributed by atoms with E-state index in [9.17, 15) is 17.6 Å². The predicted molar refractivity (Wildman–Crippen MR) is 70.8 cm³/mol. The average Bonchev–Trinajstić information content (AvgIpc) is 2.53. The Bertz CT molecular complexity index is 858. The summed E-state index contributed by atoms with van der Waals surface area (Å²) in [6.45, 7) is 0. The Morgan fingerprint density at radius 2 is 1.95 bits per heavy atom. The van der Waals surface area contributed by atoms with Crippen LogP contribution in [0, 0.1) is 5.82 Å². The first-order valence-corrected chi connectivity index (χ1v) is 7.59. The van der Waals surface area contributed by atoms with Crippen LogP contribution >= 0.6 is 0 Å². The molecule has 0 saturated carbocycles. The zero-order valence-electron chi connectivity index (χ0n) is 10.5. The number of carbonyl (C=O) groups is 1. The van der Waals surface area contributed by atoms with Crippen LogP contribution in [0.3, 0.4) is 0 Å². The van der Waals surface area contributed by atoms with E-state index in [0.717, 1.165) is 12.1 Å². The van der Waals surface area contributed by atoms with Crippen LogP contribution in [0.5, 0.6) is 11.5 Å². The lowest BCUT2D eigenvalue weighted by atomic mass is 10.2. The Kier molecular flexibility index (Phi) is 2.94. The molecule has 2 aromatic rings. The van der Waals surface area contributed by atoms with E-state index in [1.165, 1.54) is 24.3 Å². The van der Waals surface area contributed by atoms with Crippen molar-refractivity contribution in [3.05, 3.63) is 53.3 Å². The van der Waals surface area contributed by atoms with E-state index in [1.807, 2.05) is 0 Å². The van der Waals surface area contributed by atoms with E-state index in [0.29, 0.717) is 0 Å². The maximum absolute atomic E-state index is 13.8. The van der Waals surface area contributed by atoms with Gasteiger partial charge in [0.15, 0.2) is 9.84 Å². The highest BCUT2D eigenvalue weighted by Crippen LogP contribution is 2.38. The van der Waals surface area contributed by atoms with Crippen molar-refractivity contribution in [3.8, 4) is 11.5 Å². The van der Waals surface area contributed by atoms with Gasteiger partial charge in [0.1, 0.15) is 22.2 Å². The van der Waals surface area contributed by atoms with Gasteiger partial charge in [-0.25, -0.2) is 17.6 Å². The highest BCUT2D eigenvalue weighted by atomic mass is 32.2. The van der Waals surface area contributed by atoms with Crippen molar-refractivity contribution >= 4 is 15.8 Å². The van der Waals surface area contributed by atoms with Crippen molar-refractivity contribution in [3.63, 3.8) is 0 Å². The van der Waals surface area contributed by atoms with Gasteiger partial charge in [0.2, 0.25) is 0 Å². The highest BCUT2D eigenvalue weighted by molar-refractivity contribution is 7.90. The van der Waals surface area contributed by atoms with Crippen LogP contribution < -0.4 is 4.74 Å². The topological polar surface area (TPSA) is 80.7 Å². The summed E-state index contributed by atoms with van der Waals surface area (Å²) >= 11 is 0. The maximum atomic E-state index is 13.8. The average molecular weight is 308 g/mol. The maximum Gasteiger partial charge on any atom is 0.335 e. The summed E-state index contributed by atoms with van der Waals surface area (Å²) in [5.74, 6) is -2.40. The molecule has 2 aromatic carbocycles. The fourth-order valence-electron chi connectivity index (χ4n) is 2.13. The number of sulfone groups is 1. The van der Waals surface area contributed by atoms with Gasteiger partial charge in [-0.3, -0.25) is 0 Å². The van der Waals surface area contributed by atoms with Gasteiger partial charge < -0.3 is 9.84 Å². The number of rotatable bonds is 1. The largest absolute Gasteiger partial charge is 0.478 e. The molecule has 21 heavy (non-hydrogen) atoms. The predicted octanol–water partition coefficient (Wildman–Crippen LogP) is 2.60. The third kappa shape index (κ3) is 2.25. The number of hydrogen-bond acceptors (Lipinski definition) is 4. The molecular weight excluding hydrogens is 299 g/mol. The van der Waals surface area contributed by atoms with Crippen LogP contribution in [-0.4, -0.2) is 19.5 Å². The third-order valence-corrected chi connectivity index (χ3v) is 4.81. The number of halogens is 1. The lowest BCUT2D eigenvalue weighted by Crippen LogP contribution is -2.06. The van der Waals surface area contributed by atoms with E-state index in [-0.39, 0.29) is 27.5 Å². The molecule has 0 unspecified atom stereocenters. The molecule has 1 heterocycles. The first-order valence-electron chi connectivity index (χ1n) is 5.94. The van der Waals surface area contributed by atoms with E-state index >= 15 is 0 Å².